The summed E-state index contributed by atoms with van der Waals surface area (Å²) in [6.45, 7) is 7.23. The second kappa shape index (κ2) is 2.88. The summed E-state index contributed by atoms with van der Waals surface area (Å²) in [5, 5.41) is 11.9. The van der Waals surface area contributed by atoms with E-state index in [0.717, 1.165) is 13.0 Å². The summed E-state index contributed by atoms with van der Waals surface area (Å²) in [6, 6.07) is 0. The first kappa shape index (κ1) is 10.3. The summed E-state index contributed by atoms with van der Waals surface area (Å²) in [5.74, 6) is 0.577. The Balaban J connectivity index is 1.98. The number of likely N-dealkylation sites (tertiary alicyclic amines) is 1. The number of nitriles is 1. The van der Waals surface area contributed by atoms with Crippen LogP contribution >= 0.6 is 0 Å². The van der Waals surface area contributed by atoms with Crippen LogP contribution < -0.4 is 5.32 Å². The van der Waals surface area contributed by atoms with Crippen molar-refractivity contribution in [2.75, 3.05) is 13.1 Å². The minimum absolute atomic E-state index is 0.0832. The Morgan fingerprint density at radius 2 is 2.27 bits per heavy atom. The summed E-state index contributed by atoms with van der Waals surface area (Å²) >= 11 is 0. The third-order valence-corrected chi connectivity index (χ3v) is 3.33. The van der Waals surface area contributed by atoms with Crippen molar-refractivity contribution in [3.8, 4) is 6.19 Å². The fraction of sp³-hybridized carbons (Fsp3) is 0.818. The maximum Gasteiger partial charge on any atom is 0.225 e. The van der Waals surface area contributed by atoms with Crippen molar-refractivity contribution in [3.05, 3.63) is 0 Å². The van der Waals surface area contributed by atoms with Crippen molar-refractivity contribution in [1.29, 1.82) is 5.26 Å². The average molecular weight is 207 g/mol. The van der Waals surface area contributed by atoms with Gasteiger partial charge in [0.05, 0.1) is 12.1 Å². The largest absolute Gasteiger partial charge is 0.348 e. The predicted octanol–water partition coefficient (Wildman–Crippen LogP) is 0.704. The van der Waals surface area contributed by atoms with Crippen molar-refractivity contribution in [2.45, 2.75) is 32.7 Å². The van der Waals surface area contributed by atoms with Gasteiger partial charge in [-0.05, 0) is 6.42 Å². The highest BCUT2D eigenvalue weighted by Gasteiger charge is 2.61. The molecule has 1 aliphatic carbocycles. The zero-order valence-electron chi connectivity index (χ0n) is 9.50. The fourth-order valence-corrected chi connectivity index (χ4v) is 2.17. The molecule has 0 aromatic rings. The molecule has 2 fully saturated rings. The molecule has 1 saturated heterocycles. The van der Waals surface area contributed by atoms with Crippen LogP contribution in [0, 0.1) is 22.8 Å². The van der Waals surface area contributed by atoms with E-state index in [1.165, 1.54) is 0 Å². The van der Waals surface area contributed by atoms with Crippen LogP contribution in [0.5, 0.6) is 0 Å². The zero-order valence-corrected chi connectivity index (χ0v) is 9.50. The first-order chi connectivity index (χ1) is 6.87. The van der Waals surface area contributed by atoms with Gasteiger partial charge in [0, 0.05) is 17.9 Å². The molecule has 2 atom stereocenters. The van der Waals surface area contributed by atoms with E-state index >= 15 is 0 Å². The molecule has 1 N–H and O–H groups in total. The summed E-state index contributed by atoms with van der Waals surface area (Å²) in [4.78, 5) is 13.6. The Morgan fingerprint density at radius 1 is 1.60 bits per heavy atom. The number of nitrogens with one attached hydrogen (secondary N) is 1. The molecule has 1 heterocycles. The van der Waals surface area contributed by atoms with Crippen molar-refractivity contribution in [3.63, 3.8) is 0 Å². The molecule has 0 aromatic carbocycles. The molecule has 15 heavy (non-hydrogen) atoms. The third kappa shape index (κ3) is 1.67. The summed E-state index contributed by atoms with van der Waals surface area (Å²) in [6.07, 6.45) is 3.18. The second-order valence-corrected chi connectivity index (χ2v) is 5.74. The Labute approximate surface area is 90.2 Å². The summed E-state index contributed by atoms with van der Waals surface area (Å²) in [5.41, 5.74) is -0.429. The van der Waals surface area contributed by atoms with Crippen LogP contribution in [0.2, 0.25) is 0 Å². The van der Waals surface area contributed by atoms with Gasteiger partial charge in [0.2, 0.25) is 5.91 Å². The SMILES string of the molecule is CC(C)(C)C(=O)NC12CC1CN(C#N)C2. The maximum atomic E-state index is 11.8. The molecule has 0 radical (unpaired) electrons. The molecule has 2 unspecified atom stereocenters. The standard InChI is InChI=1S/C11H17N3O/c1-10(2,3)9(15)13-11-4-8(11)5-14(6-11)7-12/h8H,4-6H2,1-3H3,(H,13,15). The average Bonchev–Trinajstić information content (AvgIpc) is 2.66. The van der Waals surface area contributed by atoms with Crippen LogP contribution in [0.25, 0.3) is 0 Å². The fourth-order valence-electron chi connectivity index (χ4n) is 2.17. The van der Waals surface area contributed by atoms with E-state index in [4.69, 9.17) is 5.26 Å². The van der Waals surface area contributed by atoms with Gasteiger partial charge in [-0.2, -0.15) is 5.26 Å². The van der Waals surface area contributed by atoms with E-state index in [-0.39, 0.29) is 16.9 Å². The second-order valence-electron chi connectivity index (χ2n) is 5.74. The Morgan fingerprint density at radius 3 is 2.73 bits per heavy atom. The molecular weight excluding hydrogens is 190 g/mol. The Bertz CT molecular complexity index is 339. The van der Waals surface area contributed by atoms with Crippen LogP contribution in [-0.4, -0.2) is 29.4 Å². The molecule has 1 aliphatic heterocycles. The number of carbonyl (C=O) groups excluding carboxylic acids is 1. The molecule has 1 saturated carbocycles. The lowest BCUT2D eigenvalue weighted by molar-refractivity contribution is -0.129. The van der Waals surface area contributed by atoms with Gasteiger partial charge in [-0.3, -0.25) is 4.79 Å². The number of rotatable bonds is 1. The summed E-state index contributed by atoms with van der Waals surface area (Å²) in [7, 11) is 0. The van der Waals surface area contributed by atoms with Gasteiger partial charge in [-0.15, -0.1) is 0 Å². The van der Waals surface area contributed by atoms with E-state index in [1.807, 2.05) is 20.8 Å². The highest BCUT2D eigenvalue weighted by atomic mass is 16.2. The van der Waals surface area contributed by atoms with Crippen LogP contribution in [0.4, 0.5) is 0 Å². The lowest BCUT2D eigenvalue weighted by Crippen LogP contribution is -2.46. The maximum absolute atomic E-state index is 11.8. The van der Waals surface area contributed by atoms with Crippen LogP contribution in [0.15, 0.2) is 0 Å². The van der Waals surface area contributed by atoms with Crippen molar-refractivity contribution >= 4 is 5.91 Å². The van der Waals surface area contributed by atoms with Gasteiger partial charge in [0.25, 0.3) is 0 Å². The van der Waals surface area contributed by atoms with Crippen LogP contribution in [-0.2, 0) is 4.79 Å². The van der Waals surface area contributed by atoms with E-state index in [1.54, 1.807) is 4.90 Å². The van der Waals surface area contributed by atoms with Gasteiger partial charge in [-0.25, -0.2) is 0 Å². The number of hydrogen-bond acceptors (Lipinski definition) is 3. The topological polar surface area (TPSA) is 56.1 Å². The number of piperidine rings is 1. The molecule has 82 valence electrons. The van der Waals surface area contributed by atoms with E-state index in [2.05, 4.69) is 11.5 Å². The first-order valence-corrected chi connectivity index (χ1v) is 5.35. The van der Waals surface area contributed by atoms with E-state index in [0.29, 0.717) is 12.5 Å². The molecular formula is C11H17N3O. The smallest absolute Gasteiger partial charge is 0.225 e. The van der Waals surface area contributed by atoms with Gasteiger partial charge >= 0.3 is 0 Å². The lowest BCUT2D eigenvalue weighted by Gasteiger charge is -2.23. The monoisotopic (exact) mass is 207 g/mol. The first-order valence-electron chi connectivity index (χ1n) is 5.35. The van der Waals surface area contributed by atoms with Gasteiger partial charge in [0.1, 0.15) is 0 Å². The molecule has 1 amide bonds. The van der Waals surface area contributed by atoms with E-state index < -0.39 is 0 Å². The number of fused-ring (bicyclic) bond motifs is 1. The van der Waals surface area contributed by atoms with Gasteiger partial charge < -0.3 is 10.2 Å². The van der Waals surface area contributed by atoms with Crippen LogP contribution in [0.1, 0.15) is 27.2 Å². The number of amides is 1. The number of hydrogen-bond donors (Lipinski definition) is 1. The Hall–Kier alpha value is -1.24. The minimum atomic E-state index is -0.345. The molecule has 4 nitrogen and oxygen atoms in total. The van der Waals surface area contributed by atoms with Gasteiger partial charge in [0.15, 0.2) is 6.19 Å². The highest BCUT2D eigenvalue weighted by molar-refractivity contribution is 5.82. The third-order valence-electron chi connectivity index (χ3n) is 3.33. The molecule has 2 aliphatic rings. The quantitative estimate of drug-likeness (QED) is 0.644. The Kier molecular flexibility index (Phi) is 1.97. The molecule has 2 rings (SSSR count). The number of carbonyl (C=O) groups is 1. The molecule has 4 heteroatoms. The number of nitrogens with zero attached hydrogens (tertiary/aromatic N) is 2. The van der Waals surface area contributed by atoms with Crippen molar-refractivity contribution < 1.29 is 4.79 Å². The van der Waals surface area contributed by atoms with Gasteiger partial charge in [-0.1, -0.05) is 20.8 Å². The molecule has 0 spiro atoms. The van der Waals surface area contributed by atoms with E-state index in [9.17, 15) is 4.79 Å². The normalized spacial score (nSPS) is 33.2. The summed E-state index contributed by atoms with van der Waals surface area (Å²) < 4.78 is 0. The highest BCUT2D eigenvalue weighted by Crippen LogP contribution is 2.49. The van der Waals surface area contributed by atoms with Crippen molar-refractivity contribution in [1.82, 2.24) is 10.2 Å². The van der Waals surface area contributed by atoms with Crippen molar-refractivity contribution in [2.24, 2.45) is 11.3 Å². The molecule has 0 bridgehead atoms. The van der Waals surface area contributed by atoms with Crippen LogP contribution in [0.3, 0.4) is 0 Å². The minimum Gasteiger partial charge on any atom is -0.348 e. The predicted molar refractivity (Wildman–Crippen MR) is 55.6 cm³/mol. The zero-order chi connectivity index (χ0) is 11.3. The molecule has 0 aromatic heterocycles. The lowest BCUT2D eigenvalue weighted by atomic mass is 9.95.